The van der Waals surface area contributed by atoms with E-state index in [1.54, 1.807) is 0 Å². The van der Waals surface area contributed by atoms with Gasteiger partial charge < -0.3 is 11.5 Å². The van der Waals surface area contributed by atoms with Crippen LogP contribution in [0.4, 0.5) is 11.4 Å². The molecule has 0 aliphatic heterocycles. The van der Waals surface area contributed by atoms with Crippen molar-refractivity contribution in [3.05, 3.63) is 79.7 Å². The smallest absolute Gasteiger partial charge is 0.144 e. The Morgan fingerprint density at radius 2 is 1.08 bits per heavy atom. The maximum absolute atomic E-state index is 12.4. The third kappa shape index (κ3) is 9.62. The van der Waals surface area contributed by atoms with E-state index in [2.05, 4.69) is 20.4 Å². The summed E-state index contributed by atoms with van der Waals surface area (Å²) in [7, 11) is 0. The number of hydrogen-bond acceptors (Lipinski definition) is 11. The molecule has 4 rings (SSSR count). The fraction of sp³-hybridized carbons (Fsp3) is 0.333. The first-order valence-corrected chi connectivity index (χ1v) is 14.6. The predicted molar refractivity (Wildman–Crippen MR) is 158 cm³/mol. The maximum Gasteiger partial charge on any atom is 0.144 e. The van der Waals surface area contributed by atoms with Crippen LogP contribution in [0.15, 0.2) is 48.5 Å². The highest BCUT2D eigenvalue weighted by molar-refractivity contribution is 7.99. The number of hydrogen-bond donors (Lipinski definition) is 2. The molecular weight excluding hydrogens is 537 g/mol. The van der Waals surface area contributed by atoms with Gasteiger partial charge in [-0.2, -0.15) is 11.8 Å². The van der Waals surface area contributed by atoms with Gasteiger partial charge in [0.25, 0.3) is 0 Å². The SMILES string of the molecule is C.Nc1cccc(CC(=O)Cc2nnc(CCSCCc3nnc(CC(=O)Cc4cccc(N)c4)s3)s2)c1. The first kappa shape index (κ1) is 29.4. The van der Waals surface area contributed by atoms with Crippen LogP contribution < -0.4 is 11.5 Å². The lowest BCUT2D eigenvalue weighted by Gasteiger charge is -2.00. The highest BCUT2D eigenvalue weighted by Gasteiger charge is 2.12. The summed E-state index contributed by atoms with van der Waals surface area (Å²) in [4.78, 5) is 24.7. The van der Waals surface area contributed by atoms with Crippen LogP contribution in [0.1, 0.15) is 38.6 Å². The molecule has 11 heteroatoms. The van der Waals surface area contributed by atoms with Gasteiger partial charge in [0.2, 0.25) is 0 Å². The first-order chi connectivity index (χ1) is 17.9. The molecule has 0 spiro atoms. The van der Waals surface area contributed by atoms with Crippen LogP contribution in [0, 0.1) is 0 Å². The Bertz CT molecular complexity index is 1250. The Morgan fingerprint density at radius 3 is 1.50 bits per heavy atom. The number of ketones is 2. The van der Waals surface area contributed by atoms with E-state index < -0.39 is 0 Å². The maximum atomic E-state index is 12.4. The second-order valence-corrected chi connectivity index (χ2v) is 12.1. The van der Waals surface area contributed by atoms with Crippen molar-refractivity contribution < 1.29 is 9.59 Å². The highest BCUT2D eigenvalue weighted by atomic mass is 32.2. The van der Waals surface area contributed by atoms with E-state index in [1.165, 1.54) is 22.7 Å². The third-order valence-corrected chi connectivity index (χ3v) is 8.29. The van der Waals surface area contributed by atoms with Gasteiger partial charge in [0.05, 0.1) is 12.8 Å². The van der Waals surface area contributed by atoms with Crippen LogP contribution in [0.5, 0.6) is 0 Å². The summed E-state index contributed by atoms with van der Waals surface area (Å²) in [6.07, 6.45) is 2.90. The van der Waals surface area contributed by atoms with Crippen molar-refractivity contribution in [2.75, 3.05) is 23.0 Å². The molecule has 0 amide bonds. The molecule has 0 saturated carbocycles. The number of carbonyl (C=O) groups is 2. The molecule has 38 heavy (non-hydrogen) atoms. The average molecular weight is 569 g/mol. The normalized spacial score (nSPS) is 10.7. The molecular formula is C27H32N6O2S3. The van der Waals surface area contributed by atoms with E-state index in [0.717, 1.165) is 55.5 Å². The number of aromatic nitrogens is 4. The lowest BCUT2D eigenvalue weighted by Crippen LogP contribution is -2.06. The molecule has 0 aliphatic rings. The molecule has 0 radical (unpaired) electrons. The van der Waals surface area contributed by atoms with Crippen molar-refractivity contribution in [1.29, 1.82) is 0 Å². The quantitative estimate of drug-likeness (QED) is 0.167. The fourth-order valence-electron chi connectivity index (χ4n) is 3.67. The van der Waals surface area contributed by atoms with Gasteiger partial charge in [-0.05, 0) is 46.9 Å². The second kappa shape index (κ2) is 14.7. The average Bonchev–Trinajstić information content (AvgIpc) is 3.48. The molecule has 4 N–H and O–H groups in total. The van der Waals surface area contributed by atoms with Crippen molar-refractivity contribution in [3.8, 4) is 0 Å². The van der Waals surface area contributed by atoms with Gasteiger partial charge in [-0.15, -0.1) is 43.1 Å². The van der Waals surface area contributed by atoms with E-state index in [9.17, 15) is 9.59 Å². The standard InChI is InChI=1S/C26H28N6O2S3.CH4/c27-19-5-1-3-17(11-19)13-21(33)15-25-31-29-23(36-25)7-9-35-10-8-24-30-32-26(37-24)16-22(34)14-18-4-2-6-20(28)12-18;/h1-6,11-12H,7-10,13-16,27-28H2;1H4. The molecule has 0 fully saturated rings. The molecule has 0 bridgehead atoms. The van der Waals surface area contributed by atoms with Crippen molar-refractivity contribution in [2.24, 2.45) is 0 Å². The lowest BCUT2D eigenvalue weighted by molar-refractivity contribution is -0.118. The second-order valence-electron chi connectivity index (χ2n) is 8.57. The number of benzene rings is 2. The van der Waals surface area contributed by atoms with Crippen LogP contribution in [-0.2, 0) is 48.1 Å². The van der Waals surface area contributed by atoms with Gasteiger partial charge in [0.15, 0.2) is 0 Å². The van der Waals surface area contributed by atoms with Crippen LogP contribution >= 0.6 is 34.4 Å². The largest absolute Gasteiger partial charge is 0.399 e. The van der Waals surface area contributed by atoms with Gasteiger partial charge in [0.1, 0.15) is 31.6 Å². The molecule has 0 aliphatic carbocycles. The number of thioether (sulfide) groups is 1. The van der Waals surface area contributed by atoms with E-state index >= 15 is 0 Å². The minimum absolute atomic E-state index is 0. The summed E-state index contributed by atoms with van der Waals surface area (Å²) in [6.45, 7) is 0. The zero-order valence-electron chi connectivity index (χ0n) is 20.3. The lowest BCUT2D eigenvalue weighted by atomic mass is 10.1. The van der Waals surface area contributed by atoms with Gasteiger partial charge in [-0.1, -0.05) is 31.7 Å². The number of rotatable bonds is 14. The molecule has 200 valence electrons. The number of nitrogens with two attached hydrogens (primary N) is 2. The van der Waals surface area contributed by atoms with Crippen molar-refractivity contribution >= 4 is 57.4 Å². The minimum Gasteiger partial charge on any atom is -0.399 e. The Labute approximate surface area is 235 Å². The number of Topliss-reactive ketones (excluding diaryl/α,β-unsaturated/α-hetero) is 2. The van der Waals surface area contributed by atoms with Gasteiger partial charge in [0, 0.05) is 37.1 Å². The van der Waals surface area contributed by atoms with E-state index in [-0.39, 0.29) is 19.0 Å². The summed E-state index contributed by atoms with van der Waals surface area (Å²) in [5.74, 6) is 2.03. The molecule has 2 aromatic heterocycles. The summed E-state index contributed by atoms with van der Waals surface area (Å²) in [6, 6.07) is 14.8. The van der Waals surface area contributed by atoms with E-state index in [4.69, 9.17) is 11.5 Å². The molecule has 0 unspecified atom stereocenters. The first-order valence-electron chi connectivity index (χ1n) is 11.9. The zero-order chi connectivity index (χ0) is 26.0. The molecule has 8 nitrogen and oxygen atoms in total. The summed E-state index contributed by atoms with van der Waals surface area (Å²) in [5.41, 5.74) is 14.7. The summed E-state index contributed by atoms with van der Waals surface area (Å²) in [5, 5.41) is 20.2. The Morgan fingerprint density at radius 1 is 0.658 bits per heavy atom. The Kier molecular flexibility index (Phi) is 11.4. The number of nitrogen functional groups attached to an aromatic ring is 2. The topological polar surface area (TPSA) is 138 Å². The summed E-state index contributed by atoms with van der Waals surface area (Å²) < 4.78 is 0. The molecule has 2 heterocycles. The van der Waals surface area contributed by atoms with Gasteiger partial charge >= 0.3 is 0 Å². The Balaban J connectivity index is 0.00000400. The summed E-state index contributed by atoms with van der Waals surface area (Å²) >= 11 is 4.81. The van der Waals surface area contributed by atoms with Crippen molar-refractivity contribution in [3.63, 3.8) is 0 Å². The number of aryl methyl sites for hydroxylation is 2. The molecule has 2 aromatic carbocycles. The van der Waals surface area contributed by atoms with Crippen LogP contribution in [0.3, 0.4) is 0 Å². The van der Waals surface area contributed by atoms with E-state index in [1.807, 2.05) is 60.3 Å². The highest BCUT2D eigenvalue weighted by Crippen LogP contribution is 2.18. The zero-order valence-corrected chi connectivity index (χ0v) is 22.7. The van der Waals surface area contributed by atoms with Gasteiger partial charge in [-0.25, -0.2) is 0 Å². The number of carbonyl (C=O) groups excluding carboxylic acids is 2. The Hall–Kier alpha value is -3.15. The molecule has 4 aromatic rings. The predicted octanol–water partition coefficient (Wildman–Crippen LogP) is 4.42. The van der Waals surface area contributed by atoms with E-state index in [0.29, 0.717) is 37.1 Å². The third-order valence-electron chi connectivity index (χ3n) is 5.34. The van der Waals surface area contributed by atoms with Crippen LogP contribution in [-0.4, -0.2) is 43.5 Å². The van der Waals surface area contributed by atoms with Crippen LogP contribution in [0.25, 0.3) is 0 Å². The monoisotopic (exact) mass is 568 g/mol. The molecule has 0 atom stereocenters. The fourth-order valence-corrected chi connectivity index (χ4v) is 6.55. The van der Waals surface area contributed by atoms with Gasteiger partial charge in [-0.3, -0.25) is 9.59 Å². The molecule has 0 saturated heterocycles. The number of nitrogens with zero attached hydrogens (tertiary/aromatic N) is 4. The van der Waals surface area contributed by atoms with Crippen molar-refractivity contribution in [1.82, 2.24) is 20.4 Å². The van der Waals surface area contributed by atoms with Crippen LogP contribution in [0.2, 0.25) is 0 Å². The number of anilines is 2. The van der Waals surface area contributed by atoms with Crippen molar-refractivity contribution in [2.45, 2.75) is 46.0 Å². The minimum atomic E-state index is 0.